The number of aromatic nitrogens is 2. The van der Waals surface area contributed by atoms with Gasteiger partial charge in [-0.15, -0.1) is 11.3 Å². The monoisotopic (exact) mass is 414 g/mol. The van der Waals surface area contributed by atoms with Gasteiger partial charge in [-0.2, -0.15) is 5.10 Å². The molecule has 2 aromatic carbocycles. The Hall–Kier alpha value is -3.84. The van der Waals surface area contributed by atoms with Crippen LogP contribution in [-0.2, 0) is 0 Å². The summed E-state index contributed by atoms with van der Waals surface area (Å²) in [5.41, 5.74) is 3.08. The van der Waals surface area contributed by atoms with E-state index in [1.54, 1.807) is 35.4 Å². The van der Waals surface area contributed by atoms with Crippen molar-refractivity contribution in [2.24, 2.45) is 10.1 Å². The second-order valence-electron chi connectivity index (χ2n) is 6.48. The van der Waals surface area contributed by atoms with Crippen molar-refractivity contribution in [2.45, 2.75) is 0 Å². The molecule has 0 saturated heterocycles. The number of furan rings is 1. The largest absolute Gasteiger partial charge is 0.454 e. The molecule has 0 aliphatic heterocycles. The maximum Gasteiger partial charge on any atom is 0.211 e. The van der Waals surface area contributed by atoms with Gasteiger partial charge >= 0.3 is 0 Å². The molecule has 0 saturated carbocycles. The van der Waals surface area contributed by atoms with Crippen molar-refractivity contribution < 1.29 is 8.81 Å². The number of hydrogen-bond donors (Lipinski definition) is 0. The fraction of sp³-hybridized carbons (Fsp3) is 0. The zero-order valence-electron chi connectivity index (χ0n) is 15.6. The zero-order chi connectivity index (χ0) is 20.3. The second kappa shape index (κ2) is 7.88. The number of hydrogen-bond acceptors (Lipinski definition) is 5. The van der Waals surface area contributed by atoms with Gasteiger partial charge in [0.2, 0.25) is 4.80 Å². The second-order valence-corrected chi connectivity index (χ2v) is 7.32. The van der Waals surface area contributed by atoms with Gasteiger partial charge in [-0.25, -0.2) is 14.1 Å². The number of benzene rings is 2. The Morgan fingerprint density at radius 1 is 1.03 bits per heavy atom. The minimum atomic E-state index is -0.287. The smallest absolute Gasteiger partial charge is 0.211 e. The Balaban J connectivity index is 1.65. The lowest BCUT2D eigenvalue weighted by Crippen LogP contribution is -2.11. The number of thiazole rings is 1. The Bertz CT molecular complexity index is 1370. The molecular weight excluding hydrogens is 399 g/mol. The number of nitrogens with zero attached hydrogens (tertiary/aromatic N) is 4. The lowest BCUT2D eigenvalue weighted by atomic mass is 10.2. The van der Waals surface area contributed by atoms with Crippen molar-refractivity contribution in [3.05, 3.63) is 101 Å². The van der Waals surface area contributed by atoms with Crippen LogP contribution in [-0.4, -0.2) is 15.9 Å². The first kappa shape index (κ1) is 18.2. The highest BCUT2D eigenvalue weighted by Gasteiger charge is 2.13. The van der Waals surface area contributed by atoms with E-state index in [2.05, 4.69) is 15.1 Å². The predicted octanol–water partition coefficient (Wildman–Crippen LogP) is 5.61. The molecule has 0 aliphatic carbocycles. The topological polar surface area (TPSA) is 55.7 Å². The quantitative estimate of drug-likeness (QED) is 0.359. The molecule has 0 unspecified atom stereocenters. The van der Waals surface area contributed by atoms with Crippen LogP contribution in [0, 0.1) is 5.82 Å². The minimum Gasteiger partial charge on any atom is -0.454 e. The molecule has 5 rings (SSSR count). The summed E-state index contributed by atoms with van der Waals surface area (Å²) in [4.78, 5) is 9.45. The normalized spacial score (nSPS) is 12.2. The van der Waals surface area contributed by atoms with E-state index in [1.165, 1.54) is 23.5 Å². The molecule has 0 fully saturated rings. The van der Waals surface area contributed by atoms with Crippen LogP contribution in [0.2, 0.25) is 0 Å². The van der Waals surface area contributed by atoms with Crippen molar-refractivity contribution in [1.82, 2.24) is 9.66 Å². The fourth-order valence-electron chi connectivity index (χ4n) is 2.97. The number of para-hydroxylation sites is 1. The van der Waals surface area contributed by atoms with Crippen LogP contribution in [0.25, 0.3) is 22.4 Å². The van der Waals surface area contributed by atoms with Crippen LogP contribution in [0.3, 0.4) is 0 Å². The van der Waals surface area contributed by atoms with E-state index < -0.39 is 0 Å². The van der Waals surface area contributed by atoms with Crippen molar-refractivity contribution in [2.75, 3.05) is 0 Å². The van der Waals surface area contributed by atoms with Gasteiger partial charge in [0.25, 0.3) is 0 Å². The van der Waals surface area contributed by atoms with Gasteiger partial charge in [0.15, 0.2) is 5.76 Å². The fourth-order valence-corrected chi connectivity index (χ4v) is 3.81. The Morgan fingerprint density at radius 2 is 1.90 bits per heavy atom. The first-order valence-corrected chi connectivity index (χ1v) is 10.1. The molecule has 3 heterocycles. The van der Waals surface area contributed by atoms with Crippen LogP contribution in [0.15, 0.2) is 99.0 Å². The van der Waals surface area contributed by atoms with Gasteiger partial charge in [0, 0.05) is 17.0 Å². The highest BCUT2D eigenvalue weighted by Crippen LogP contribution is 2.28. The summed E-state index contributed by atoms with van der Waals surface area (Å²) < 4.78 is 21.0. The van der Waals surface area contributed by atoms with Crippen LogP contribution >= 0.6 is 11.3 Å². The van der Waals surface area contributed by atoms with Gasteiger partial charge in [-0.3, -0.25) is 4.98 Å². The Morgan fingerprint density at radius 3 is 2.70 bits per heavy atom. The van der Waals surface area contributed by atoms with E-state index >= 15 is 0 Å². The summed E-state index contributed by atoms with van der Waals surface area (Å²) >= 11 is 1.45. The summed E-state index contributed by atoms with van der Waals surface area (Å²) in [7, 11) is 0. The van der Waals surface area contributed by atoms with Gasteiger partial charge in [-0.05, 0) is 42.0 Å². The molecule has 3 aromatic heterocycles. The van der Waals surface area contributed by atoms with E-state index in [4.69, 9.17) is 4.42 Å². The van der Waals surface area contributed by atoms with E-state index in [0.717, 1.165) is 27.9 Å². The van der Waals surface area contributed by atoms with E-state index in [9.17, 15) is 4.39 Å². The third-order valence-electron chi connectivity index (χ3n) is 4.43. The molecular formula is C23H15FN4OS. The molecule has 0 radical (unpaired) electrons. The third kappa shape index (κ3) is 3.70. The van der Waals surface area contributed by atoms with Crippen molar-refractivity contribution in [3.63, 3.8) is 0 Å². The molecule has 30 heavy (non-hydrogen) atoms. The first-order chi connectivity index (χ1) is 14.8. The summed E-state index contributed by atoms with van der Waals surface area (Å²) in [6.45, 7) is 0. The van der Waals surface area contributed by atoms with E-state index in [0.29, 0.717) is 10.6 Å². The summed E-state index contributed by atoms with van der Waals surface area (Å²) in [5, 5.41) is 7.58. The number of rotatable bonds is 4. The molecule has 146 valence electrons. The molecule has 0 aliphatic rings. The number of pyridine rings is 1. The van der Waals surface area contributed by atoms with Crippen LogP contribution in [0.5, 0.6) is 0 Å². The lowest BCUT2D eigenvalue weighted by Gasteiger charge is -2.01. The zero-order valence-corrected chi connectivity index (χ0v) is 16.5. The number of fused-ring (bicyclic) bond motifs is 1. The molecule has 0 N–H and O–H groups in total. The maximum absolute atomic E-state index is 13.2. The van der Waals surface area contributed by atoms with Gasteiger partial charge in [-0.1, -0.05) is 30.3 Å². The SMILES string of the molecule is Fc1ccc(C=Nn2c(-c3cc4ccccc4o3)csc2=Nc2cccnc2)cc1. The summed E-state index contributed by atoms with van der Waals surface area (Å²) in [6.07, 6.45) is 5.06. The maximum atomic E-state index is 13.2. The summed E-state index contributed by atoms with van der Waals surface area (Å²) in [5.74, 6) is 0.405. The average molecular weight is 414 g/mol. The van der Waals surface area contributed by atoms with E-state index in [-0.39, 0.29) is 5.82 Å². The van der Waals surface area contributed by atoms with Gasteiger partial charge in [0.05, 0.1) is 18.1 Å². The minimum absolute atomic E-state index is 0.287. The van der Waals surface area contributed by atoms with Crippen LogP contribution in [0.1, 0.15) is 5.56 Å². The Labute approximate surface area is 175 Å². The molecule has 0 bridgehead atoms. The van der Waals surface area contributed by atoms with Gasteiger partial charge < -0.3 is 4.42 Å². The Kier molecular flexibility index (Phi) is 4.78. The van der Waals surface area contributed by atoms with Crippen LogP contribution in [0.4, 0.5) is 10.1 Å². The molecule has 0 amide bonds. The van der Waals surface area contributed by atoms with Crippen molar-refractivity contribution >= 4 is 34.2 Å². The van der Waals surface area contributed by atoms with Crippen LogP contribution < -0.4 is 4.80 Å². The average Bonchev–Trinajstić information content (AvgIpc) is 3.38. The molecule has 5 nitrogen and oxygen atoms in total. The molecule has 0 atom stereocenters. The molecule has 0 spiro atoms. The molecule has 5 aromatic rings. The highest BCUT2D eigenvalue weighted by molar-refractivity contribution is 7.07. The third-order valence-corrected chi connectivity index (χ3v) is 5.24. The number of halogens is 1. The molecule has 7 heteroatoms. The lowest BCUT2D eigenvalue weighted by molar-refractivity contribution is 0.622. The first-order valence-electron chi connectivity index (χ1n) is 9.20. The van der Waals surface area contributed by atoms with Gasteiger partial charge in [0.1, 0.15) is 17.1 Å². The highest BCUT2D eigenvalue weighted by atomic mass is 32.1. The van der Waals surface area contributed by atoms with E-state index in [1.807, 2.05) is 47.8 Å². The summed E-state index contributed by atoms with van der Waals surface area (Å²) in [6, 6.07) is 19.7. The standard InChI is InChI=1S/C23H15FN4OS/c24-18-9-7-16(8-10-18)13-26-28-20(22-12-17-4-1-2-6-21(17)29-22)15-30-23(28)27-19-5-3-11-25-14-19/h1-15H. The van der Waals surface area contributed by atoms with Crippen molar-refractivity contribution in [3.8, 4) is 11.5 Å². The van der Waals surface area contributed by atoms with Crippen molar-refractivity contribution in [1.29, 1.82) is 0 Å². The predicted molar refractivity (Wildman–Crippen MR) is 116 cm³/mol.